The molecular formula is C14H20ClNO3. The number of nitrogens with one attached hydrogen (secondary N) is 1. The van der Waals surface area contributed by atoms with E-state index in [9.17, 15) is 5.11 Å². The lowest BCUT2D eigenvalue weighted by atomic mass is 10.1. The molecule has 0 amide bonds. The number of likely N-dealkylation sites (N-methyl/N-ethyl adjacent to an activating group) is 1. The minimum Gasteiger partial charge on any atom is -0.486 e. The van der Waals surface area contributed by atoms with Crippen molar-refractivity contribution in [2.75, 3.05) is 26.8 Å². The van der Waals surface area contributed by atoms with E-state index in [1.54, 1.807) is 13.1 Å². The van der Waals surface area contributed by atoms with E-state index in [0.717, 1.165) is 25.0 Å². The van der Waals surface area contributed by atoms with Crippen molar-refractivity contribution < 1.29 is 14.6 Å². The summed E-state index contributed by atoms with van der Waals surface area (Å²) >= 11 is 6.20. The third-order valence-corrected chi connectivity index (χ3v) is 3.45. The van der Waals surface area contributed by atoms with Gasteiger partial charge in [0.2, 0.25) is 0 Å². The topological polar surface area (TPSA) is 50.7 Å². The molecule has 2 unspecified atom stereocenters. The van der Waals surface area contributed by atoms with E-state index in [2.05, 4.69) is 5.32 Å². The molecule has 0 bridgehead atoms. The van der Waals surface area contributed by atoms with Crippen LogP contribution in [0.25, 0.3) is 0 Å². The zero-order chi connectivity index (χ0) is 13.7. The summed E-state index contributed by atoms with van der Waals surface area (Å²) in [5.41, 5.74) is 0.784. The second-order valence-corrected chi connectivity index (χ2v) is 5.13. The van der Waals surface area contributed by atoms with Crippen LogP contribution in [0.2, 0.25) is 5.02 Å². The summed E-state index contributed by atoms with van der Waals surface area (Å²) in [6, 6.07) is 5.40. The monoisotopic (exact) mass is 285 g/mol. The Balaban J connectivity index is 2.01. The number of ether oxygens (including phenoxy) is 2. The molecule has 2 atom stereocenters. The maximum Gasteiger partial charge on any atom is 0.138 e. The number of benzene rings is 1. The van der Waals surface area contributed by atoms with Gasteiger partial charge in [-0.05, 0) is 37.6 Å². The molecule has 0 radical (unpaired) electrons. The van der Waals surface area contributed by atoms with Crippen LogP contribution in [-0.4, -0.2) is 38.0 Å². The van der Waals surface area contributed by atoms with Crippen molar-refractivity contribution in [2.45, 2.75) is 25.0 Å². The lowest BCUT2D eigenvalue weighted by Gasteiger charge is -2.24. The van der Waals surface area contributed by atoms with Crippen LogP contribution in [-0.2, 0) is 4.74 Å². The molecule has 2 rings (SSSR count). The fraction of sp³-hybridized carbons (Fsp3) is 0.571. The third-order valence-electron chi connectivity index (χ3n) is 3.15. The Kier molecular flexibility index (Phi) is 5.45. The summed E-state index contributed by atoms with van der Waals surface area (Å²) in [5.74, 6) is 0.651. The summed E-state index contributed by atoms with van der Waals surface area (Å²) in [6.45, 7) is 1.91. The average Bonchev–Trinajstić information content (AvgIpc) is 2.42. The van der Waals surface area contributed by atoms with Crippen molar-refractivity contribution in [3.05, 3.63) is 28.8 Å². The molecule has 0 aliphatic carbocycles. The van der Waals surface area contributed by atoms with E-state index in [0.29, 0.717) is 23.9 Å². The van der Waals surface area contributed by atoms with Crippen molar-refractivity contribution in [1.29, 1.82) is 0 Å². The lowest BCUT2D eigenvalue weighted by Crippen LogP contribution is -2.28. The van der Waals surface area contributed by atoms with E-state index >= 15 is 0 Å². The van der Waals surface area contributed by atoms with Crippen molar-refractivity contribution in [3.63, 3.8) is 0 Å². The summed E-state index contributed by atoms with van der Waals surface area (Å²) in [7, 11) is 1.80. The van der Waals surface area contributed by atoms with E-state index in [-0.39, 0.29) is 6.10 Å². The molecule has 1 aliphatic heterocycles. The number of hydrogen-bond donors (Lipinski definition) is 2. The Morgan fingerprint density at radius 2 is 2.42 bits per heavy atom. The number of aliphatic hydroxyl groups excluding tert-OH is 1. The Morgan fingerprint density at radius 3 is 3.05 bits per heavy atom. The first kappa shape index (κ1) is 14.6. The summed E-state index contributed by atoms with van der Waals surface area (Å²) in [4.78, 5) is 0. The molecule has 0 saturated carbocycles. The van der Waals surface area contributed by atoms with Crippen LogP contribution in [0.3, 0.4) is 0 Å². The van der Waals surface area contributed by atoms with Crippen LogP contribution < -0.4 is 10.1 Å². The number of halogens is 1. The van der Waals surface area contributed by atoms with E-state index in [1.165, 1.54) is 0 Å². The first-order valence-corrected chi connectivity index (χ1v) is 6.95. The predicted molar refractivity (Wildman–Crippen MR) is 74.8 cm³/mol. The standard InChI is InChI=1S/C14H20ClNO3/c1-16-8-13(17)10-4-5-14(12(15)7-10)19-11-3-2-6-18-9-11/h4-5,7,11,13,16-17H,2-3,6,8-9H2,1H3. The smallest absolute Gasteiger partial charge is 0.138 e. The van der Waals surface area contributed by atoms with Gasteiger partial charge < -0.3 is 19.9 Å². The highest BCUT2D eigenvalue weighted by Gasteiger charge is 2.17. The van der Waals surface area contributed by atoms with E-state index < -0.39 is 6.10 Å². The molecule has 1 aromatic carbocycles. The Bertz CT molecular complexity index is 408. The molecule has 106 valence electrons. The zero-order valence-corrected chi connectivity index (χ0v) is 11.8. The second-order valence-electron chi connectivity index (χ2n) is 4.72. The molecule has 1 saturated heterocycles. The summed E-state index contributed by atoms with van der Waals surface area (Å²) in [5, 5.41) is 13.3. The molecule has 1 aliphatic rings. The van der Waals surface area contributed by atoms with Crippen molar-refractivity contribution >= 4 is 11.6 Å². The van der Waals surface area contributed by atoms with Gasteiger partial charge in [-0.1, -0.05) is 17.7 Å². The molecule has 1 fully saturated rings. The van der Waals surface area contributed by atoms with Crippen LogP contribution in [0.15, 0.2) is 18.2 Å². The molecule has 0 spiro atoms. The maximum atomic E-state index is 9.88. The van der Waals surface area contributed by atoms with Crippen LogP contribution in [0.5, 0.6) is 5.75 Å². The number of aliphatic hydroxyl groups is 1. The summed E-state index contributed by atoms with van der Waals surface area (Å²) < 4.78 is 11.2. The molecule has 5 heteroatoms. The lowest BCUT2D eigenvalue weighted by molar-refractivity contribution is 0.00745. The first-order valence-electron chi connectivity index (χ1n) is 6.57. The highest BCUT2D eigenvalue weighted by Crippen LogP contribution is 2.29. The molecule has 1 aromatic rings. The summed E-state index contributed by atoms with van der Waals surface area (Å²) in [6.07, 6.45) is 1.51. The molecule has 19 heavy (non-hydrogen) atoms. The van der Waals surface area contributed by atoms with E-state index in [4.69, 9.17) is 21.1 Å². The van der Waals surface area contributed by atoms with Gasteiger partial charge in [-0.25, -0.2) is 0 Å². The molecule has 2 N–H and O–H groups in total. The van der Waals surface area contributed by atoms with Gasteiger partial charge >= 0.3 is 0 Å². The van der Waals surface area contributed by atoms with Gasteiger partial charge in [0.15, 0.2) is 0 Å². The Labute approximate surface area is 118 Å². The van der Waals surface area contributed by atoms with Gasteiger partial charge in [0.1, 0.15) is 11.9 Å². The van der Waals surface area contributed by atoms with Crippen LogP contribution in [0.1, 0.15) is 24.5 Å². The largest absolute Gasteiger partial charge is 0.486 e. The predicted octanol–water partition coefficient (Wildman–Crippen LogP) is 2.15. The first-order chi connectivity index (χ1) is 9.20. The fourth-order valence-corrected chi connectivity index (χ4v) is 2.35. The van der Waals surface area contributed by atoms with Crippen LogP contribution >= 0.6 is 11.6 Å². The van der Waals surface area contributed by atoms with Gasteiger partial charge in [0, 0.05) is 13.2 Å². The Morgan fingerprint density at radius 1 is 1.58 bits per heavy atom. The van der Waals surface area contributed by atoms with Crippen molar-refractivity contribution in [2.24, 2.45) is 0 Å². The quantitative estimate of drug-likeness (QED) is 0.870. The average molecular weight is 286 g/mol. The number of hydrogen-bond acceptors (Lipinski definition) is 4. The van der Waals surface area contributed by atoms with Crippen molar-refractivity contribution in [3.8, 4) is 5.75 Å². The van der Waals surface area contributed by atoms with Gasteiger partial charge in [0.25, 0.3) is 0 Å². The molecule has 1 heterocycles. The normalized spacial score (nSPS) is 21.1. The minimum atomic E-state index is -0.561. The van der Waals surface area contributed by atoms with Gasteiger partial charge in [0.05, 0.1) is 17.7 Å². The maximum absolute atomic E-state index is 9.88. The Hall–Kier alpha value is -0.810. The molecule has 4 nitrogen and oxygen atoms in total. The third kappa shape index (κ3) is 4.08. The van der Waals surface area contributed by atoms with Crippen molar-refractivity contribution in [1.82, 2.24) is 5.32 Å². The second kappa shape index (κ2) is 7.10. The van der Waals surface area contributed by atoms with Gasteiger partial charge in [-0.2, -0.15) is 0 Å². The van der Waals surface area contributed by atoms with Gasteiger partial charge in [-0.15, -0.1) is 0 Å². The SMILES string of the molecule is CNCC(O)c1ccc(OC2CCCOC2)c(Cl)c1. The van der Waals surface area contributed by atoms with Crippen LogP contribution in [0, 0.1) is 0 Å². The van der Waals surface area contributed by atoms with E-state index in [1.807, 2.05) is 12.1 Å². The molecular weight excluding hydrogens is 266 g/mol. The highest BCUT2D eigenvalue weighted by molar-refractivity contribution is 6.32. The van der Waals surface area contributed by atoms with Gasteiger partial charge in [-0.3, -0.25) is 0 Å². The number of rotatable bonds is 5. The molecule has 0 aromatic heterocycles. The fourth-order valence-electron chi connectivity index (χ4n) is 2.11. The van der Waals surface area contributed by atoms with Crippen LogP contribution in [0.4, 0.5) is 0 Å². The minimum absolute atomic E-state index is 0.0688. The highest BCUT2D eigenvalue weighted by atomic mass is 35.5. The zero-order valence-electron chi connectivity index (χ0n) is 11.1.